The van der Waals surface area contributed by atoms with Crippen molar-refractivity contribution in [3.8, 4) is 55.6 Å². The van der Waals surface area contributed by atoms with E-state index in [1.165, 1.54) is 82.4 Å². The van der Waals surface area contributed by atoms with Crippen LogP contribution in [0.25, 0.3) is 88.0 Å². The third-order valence-corrected chi connectivity index (χ3v) is 12.0. The van der Waals surface area contributed by atoms with Gasteiger partial charge in [0, 0.05) is 16.8 Å². The van der Waals surface area contributed by atoms with Crippen LogP contribution < -0.4 is 4.90 Å². The molecule has 11 aromatic rings. The first-order chi connectivity index (χ1) is 30.3. The van der Waals surface area contributed by atoms with Gasteiger partial charge in [0.1, 0.15) is 0 Å². The molecule has 286 valence electrons. The van der Waals surface area contributed by atoms with Gasteiger partial charge in [-0.25, -0.2) is 0 Å². The molecular formula is C60H41N. The van der Waals surface area contributed by atoms with E-state index in [-0.39, 0.29) is 0 Å². The number of benzene rings is 11. The summed E-state index contributed by atoms with van der Waals surface area (Å²) >= 11 is 0. The lowest BCUT2D eigenvalue weighted by atomic mass is 9.85. The molecule has 0 aliphatic carbocycles. The molecule has 0 spiro atoms. The van der Waals surface area contributed by atoms with Crippen molar-refractivity contribution in [2.24, 2.45) is 0 Å². The molecule has 1 nitrogen and oxygen atoms in total. The van der Waals surface area contributed by atoms with Gasteiger partial charge < -0.3 is 4.90 Å². The van der Waals surface area contributed by atoms with Crippen molar-refractivity contribution in [2.45, 2.75) is 0 Å². The molecule has 0 heterocycles. The van der Waals surface area contributed by atoms with Crippen LogP contribution in [0.5, 0.6) is 0 Å². The van der Waals surface area contributed by atoms with Gasteiger partial charge in [-0.1, -0.05) is 212 Å². The Bertz CT molecular complexity index is 3320. The van der Waals surface area contributed by atoms with Gasteiger partial charge in [-0.2, -0.15) is 0 Å². The van der Waals surface area contributed by atoms with Crippen LogP contribution in [-0.2, 0) is 0 Å². The zero-order valence-electron chi connectivity index (χ0n) is 33.6. The Balaban J connectivity index is 1.23. The minimum Gasteiger partial charge on any atom is -0.309 e. The van der Waals surface area contributed by atoms with Crippen molar-refractivity contribution in [3.05, 3.63) is 249 Å². The standard InChI is InChI=1S/C60H41N/c1-6-18-42(19-7-1)48-34-36-53-49(40-48)35-38-56(58(53)45-21-8-2-9-22-45)61(51-27-14-5-15-28-51)57-39-37-54(50-33-32-44-31-30-43-20-16-17-29-52(43)55(44)41-50)59(46-23-10-3-11-24-46)60(57)47-25-12-4-13-26-47/h1-41H. The Morgan fingerprint density at radius 2 is 0.705 bits per heavy atom. The van der Waals surface area contributed by atoms with E-state index in [1.54, 1.807) is 0 Å². The topological polar surface area (TPSA) is 3.24 Å². The predicted molar refractivity (Wildman–Crippen MR) is 261 cm³/mol. The molecular weight excluding hydrogens is 735 g/mol. The fourth-order valence-corrected chi connectivity index (χ4v) is 9.20. The second-order valence-electron chi connectivity index (χ2n) is 15.6. The Morgan fingerprint density at radius 3 is 1.38 bits per heavy atom. The maximum absolute atomic E-state index is 2.49. The lowest BCUT2D eigenvalue weighted by Crippen LogP contribution is -2.13. The summed E-state index contributed by atoms with van der Waals surface area (Å²) in [5.74, 6) is 0. The van der Waals surface area contributed by atoms with Crippen molar-refractivity contribution in [1.82, 2.24) is 0 Å². The molecule has 0 radical (unpaired) electrons. The largest absolute Gasteiger partial charge is 0.309 e. The SMILES string of the molecule is c1ccc(-c2ccc3c(-c4ccccc4)c(N(c4ccccc4)c4ccc(-c5ccc6ccc7ccccc7c6c5)c(-c5ccccc5)c4-c4ccccc4)ccc3c2)cc1. The van der Waals surface area contributed by atoms with E-state index < -0.39 is 0 Å². The number of rotatable bonds is 8. The fourth-order valence-electron chi connectivity index (χ4n) is 9.20. The fraction of sp³-hybridized carbons (Fsp3) is 0. The normalized spacial score (nSPS) is 11.3. The van der Waals surface area contributed by atoms with E-state index >= 15 is 0 Å². The molecule has 0 saturated heterocycles. The zero-order valence-corrected chi connectivity index (χ0v) is 33.6. The highest BCUT2D eigenvalue weighted by Crippen LogP contribution is 2.52. The summed E-state index contributed by atoms with van der Waals surface area (Å²) in [6.45, 7) is 0. The lowest BCUT2D eigenvalue weighted by molar-refractivity contribution is 1.29. The second kappa shape index (κ2) is 15.6. The van der Waals surface area contributed by atoms with E-state index in [4.69, 9.17) is 0 Å². The summed E-state index contributed by atoms with van der Waals surface area (Å²) < 4.78 is 0. The molecule has 0 atom stereocenters. The average molecular weight is 776 g/mol. The van der Waals surface area contributed by atoms with Crippen LogP contribution in [0.2, 0.25) is 0 Å². The molecule has 11 rings (SSSR count). The summed E-state index contributed by atoms with van der Waals surface area (Å²) in [4.78, 5) is 2.49. The Morgan fingerprint density at radius 1 is 0.230 bits per heavy atom. The van der Waals surface area contributed by atoms with Gasteiger partial charge in [0.05, 0.1) is 11.4 Å². The average Bonchev–Trinajstić information content (AvgIpc) is 3.35. The molecule has 0 unspecified atom stereocenters. The smallest absolute Gasteiger partial charge is 0.0546 e. The summed E-state index contributed by atoms with van der Waals surface area (Å²) in [6, 6.07) is 90.7. The second-order valence-corrected chi connectivity index (χ2v) is 15.6. The molecule has 0 fully saturated rings. The van der Waals surface area contributed by atoms with E-state index in [9.17, 15) is 0 Å². The van der Waals surface area contributed by atoms with Crippen LogP contribution in [0.1, 0.15) is 0 Å². The molecule has 61 heavy (non-hydrogen) atoms. The van der Waals surface area contributed by atoms with Crippen LogP contribution in [0, 0.1) is 0 Å². The molecule has 11 aromatic carbocycles. The third-order valence-electron chi connectivity index (χ3n) is 12.0. The molecule has 0 aliphatic heterocycles. The maximum atomic E-state index is 2.49. The predicted octanol–water partition coefficient (Wildman–Crippen LogP) is 17.0. The lowest BCUT2D eigenvalue weighted by Gasteiger charge is -2.32. The van der Waals surface area contributed by atoms with Crippen LogP contribution in [0.3, 0.4) is 0 Å². The molecule has 0 amide bonds. The van der Waals surface area contributed by atoms with E-state index in [2.05, 4.69) is 254 Å². The van der Waals surface area contributed by atoms with Crippen molar-refractivity contribution in [2.75, 3.05) is 4.90 Å². The van der Waals surface area contributed by atoms with E-state index in [1.807, 2.05) is 0 Å². The molecule has 0 N–H and O–H groups in total. The first-order valence-electron chi connectivity index (χ1n) is 21.0. The first-order valence-corrected chi connectivity index (χ1v) is 21.0. The summed E-state index contributed by atoms with van der Waals surface area (Å²) in [6.07, 6.45) is 0. The third kappa shape index (κ3) is 6.63. The molecule has 0 saturated carbocycles. The van der Waals surface area contributed by atoms with Crippen LogP contribution >= 0.6 is 0 Å². The summed E-state index contributed by atoms with van der Waals surface area (Å²) in [5, 5.41) is 7.40. The number of nitrogens with zero attached hydrogens (tertiary/aromatic N) is 1. The highest BCUT2D eigenvalue weighted by Gasteiger charge is 2.26. The minimum absolute atomic E-state index is 1.08. The molecule has 1 heteroatoms. The van der Waals surface area contributed by atoms with Gasteiger partial charge in [-0.3, -0.25) is 0 Å². The van der Waals surface area contributed by atoms with Crippen LogP contribution in [0.15, 0.2) is 249 Å². The molecule has 0 aliphatic rings. The van der Waals surface area contributed by atoms with Crippen LogP contribution in [0.4, 0.5) is 17.1 Å². The zero-order chi connectivity index (χ0) is 40.5. The molecule has 0 bridgehead atoms. The van der Waals surface area contributed by atoms with Gasteiger partial charge in [-0.15, -0.1) is 0 Å². The Kier molecular flexibility index (Phi) is 9.26. The highest BCUT2D eigenvalue weighted by atomic mass is 15.1. The highest BCUT2D eigenvalue weighted by molar-refractivity contribution is 6.12. The van der Waals surface area contributed by atoms with Crippen molar-refractivity contribution in [1.29, 1.82) is 0 Å². The first kappa shape index (κ1) is 36.1. The van der Waals surface area contributed by atoms with Crippen molar-refractivity contribution < 1.29 is 0 Å². The number of para-hydroxylation sites is 1. The van der Waals surface area contributed by atoms with Crippen molar-refractivity contribution >= 4 is 49.4 Å². The molecule has 0 aromatic heterocycles. The summed E-state index contributed by atoms with van der Waals surface area (Å²) in [7, 11) is 0. The van der Waals surface area contributed by atoms with Gasteiger partial charge in [-0.05, 0) is 113 Å². The number of hydrogen-bond donors (Lipinski definition) is 0. The summed E-state index contributed by atoms with van der Waals surface area (Å²) in [5.41, 5.74) is 15.1. The van der Waals surface area contributed by atoms with Crippen molar-refractivity contribution in [3.63, 3.8) is 0 Å². The van der Waals surface area contributed by atoms with Crippen LogP contribution in [-0.4, -0.2) is 0 Å². The van der Waals surface area contributed by atoms with E-state index in [0.29, 0.717) is 0 Å². The maximum Gasteiger partial charge on any atom is 0.0546 e. The Labute approximate surface area is 357 Å². The van der Waals surface area contributed by atoms with Gasteiger partial charge >= 0.3 is 0 Å². The van der Waals surface area contributed by atoms with Gasteiger partial charge in [0.2, 0.25) is 0 Å². The van der Waals surface area contributed by atoms with Gasteiger partial charge in [0.25, 0.3) is 0 Å². The Hall–Kier alpha value is -8.00. The monoisotopic (exact) mass is 775 g/mol. The minimum atomic E-state index is 1.08. The van der Waals surface area contributed by atoms with E-state index in [0.717, 1.165) is 22.6 Å². The van der Waals surface area contributed by atoms with Gasteiger partial charge in [0.15, 0.2) is 0 Å². The quantitative estimate of drug-likeness (QED) is 0.139. The number of fused-ring (bicyclic) bond motifs is 4. The number of anilines is 3. The number of hydrogen-bond acceptors (Lipinski definition) is 1.